The van der Waals surface area contributed by atoms with Crippen LogP contribution in [0.2, 0.25) is 0 Å². The number of benzene rings is 2. The first-order valence-corrected chi connectivity index (χ1v) is 6.45. The molecule has 2 rings (SSSR count). The van der Waals surface area contributed by atoms with Gasteiger partial charge in [0, 0.05) is 5.33 Å². The zero-order valence-electron chi connectivity index (χ0n) is 9.27. The van der Waals surface area contributed by atoms with Crippen molar-refractivity contribution in [3.63, 3.8) is 0 Å². The molecule has 0 aromatic heterocycles. The molecule has 0 atom stereocenters. The minimum atomic E-state index is 0.265. The molecule has 1 N–H and O–H groups in total. The summed E-state index contributed by atoms with van der Waals surface area (Å²) in [6.07, 6.45) is 0. The summed E-state index contributed by atoms with van der Waals surface area (Å²) in [6.45, 7) is 0.460. The largest absolute Gasteiger partial charge is 0.508 e. The fraction of sp³-hybridized carbons (Fsp3) is 0.143. The molecule has 0 heterocycles. The summed E-state index contributed by atoms with van der Waals surface area (Å²) in [5.74, 6) is 1.10. The molecule has 0 aliphatic heterocycles. The molecule has 0 spiro atoms. The van der Waals surface area contributed by atoms with Crippen LogP contribution in [-0.4, -0.2) is 5.11 Å². The van der Waals surface area contributed by atoms with E-state index >= 15 is 0 Å². The number of aromatic hydroxyl groups is 1. The summed E-state index contributed by atoms with van der Waals surface area (Å²) in [6, 6.07) is 15.0. The molecule has 2 aromatic rings. The lowest BCUT2D eigenvalue weighted by Gasteiger charge is -2.07. The molecule has 0 fully saturated rings. The van der Waals surface area contributed by atoms with Crippen LogP contribution in [0.1, 0.15) is 11.1 Å². The maximum atomic E-state index is 9.32. The van der Waals surface area contributed by atoms with Crippen LogP contribution in [0.5, 0.6) is 11.5 Å². The smallest absolute Gasteiger partial charge is 0.119 e. The van der Waals surface area contributed by atoms with Crippen LogP contribution in [0.3, 0.4) is 0 Å². The van der Waals surface area contributed by atoms with E-state index in [1.165, 1.54) is 5.56 Å². The van der Waals surface area contributed by atoms with Crippen LogP contribution >= 0.6 is 15.9 Å². The molecule has 3 heteroatoms. The van der Waals surface area contributed by atoms with Gasteiger partial charge in [0.25, 0.3) is 0 Å². The van der Waals surface area contributed by atoms with Crippen LogP contribution in [0, 0.1) is 0 Å². The van der Waals surface area contributed by atoms with Crippen LogP contribution in [0.25, 0.3) is 0 Å². The Labute approximate surface area is 109 Å². The number of alkyl halides is 1. The SMILES string of the molecule is Oc1cccc(COc2ccc(CBr)cc2)c1. The van der Waals surface area contributed by atoms with Crippen LogP contribution in [0.4, 0.5) is 0 Å². The molecule has 17 heavy (non-hydrogen) atoms. The fourth-order valence-electron chi connectivity index (χ4n) is 1.49. The molecular formula is C14H13BrO2. The second-order valence-corrected chi connectivity index (χ2v) is 4.30. The monoisotopic (exact) mass is 292 g/mol. The topological polar surface area (TPSA) is 29.5 Å². The highest BCUT2D eigenvalue weighted by Gasteiger charge is 1.97. The lowest BCUT2D eigenvalue weighted by Crippen LogP contribution is -1.95. The van der Waals surface area contributed by atoms with Gasteiger partial charge >= 0.3 is 0 Å². The predicted molar refractivity (Wildman–Crippen MR) is 71.5 cm³/mol. The lowest BCUT2D eigenvalue weighted by atomic mass is 10.2. The lowest BCUT2D eigenvalue weighted by molar-refractivity contribution is 0.305. The number of hydrogen-bond donors (Lipinski definition) is 1. The Balaban J connectivity index is 1.97. The summed E-state index contributed by atoms with van der Waals surface area (Å²) in [4.78, 5) is 0. The predicted octanol–water partition coefficient (Wildman–Crippen LogP) is 3.87. The van der Waals surface area contributed by atoms with E-state index in [0.717, 1.165) is 16.6 Å². The second kappa shape index (κ2) is 5.73. The number of ether oxygens (including phenoxy) is 1. The van der Waals surface area contributed by atoms with Crippen molar-refractivity contribution >= 4 is 15.9 Å². The van der Waals surface area contributed by atoms with Crippen molar-refractivity contribution in [2.45, 2.75) is 11.9 Å². The minimum absolute atomic E-state index is 0.265. The summed E-state index contributed by atoms with van der Waals surface area (Å²) in [5.41, 5.74) is 2.17. The van der Waals surface area contributed by atoms with Crippen molar-refractivity contribution < 1.29 is 9.84 Å². The van der Waals surface area contributed by atoms with Gasteiger partial charge in [-0.05, 0) is 35.4 Å². The number of halogens is 1. The molecular weight excluding hydrogens is 280 g/mol. The van der Waals surface area contributed by atoms with E-state index in [-0.39, 0.29) is 5.75 Å². The van der Waals surface area contributed by atoms with Crippen molar-refractivity contribution in [2.24, 2.45) is 0 Å². The number of hydrogen-bond acceptors (Lipinski definition) is 2. The highest BCUT2D eigenvalue weighted by Crippen LogP contribution is 2.17. The summed E-state index contributed by atoms with van der Waals surface area (Å²) < 4.78 is 5.62. The Morgan fingerprint density at radius 1 is 1.00 bits per heavy atom. The molecule has 88 valence electrons. The Morgan fingerprint density at radius 3 is 2.41 bits per heavy atom. The zero-order valence-corrected chi connectivity index (χ0v) is 10.9. The Hall–Kier alpha value is -1.48. The second-order valence-electron chi connectivity index (χ2n) is 3.74. The quantitative estimate of drug-likeness (QED) is 0.867. The van der Waals surface area contributed by atoms with E-state index < -0.39 is 0 Å². The number of phenols is 1. The average molecular weight is 293 g/mol. The van der Waals surface area contributed by atoms with Gasteiger partial charge in [-0.25, -0.2) is 0 Å². The van der Waals surface area contributed by atoms with Crippen molar-refractivity contribution in [3.8, 4) is 11.5 Å². The number of rotatable bonds is 4. The summed E-state index contributed by atoms with van der Waals surface area (Å²) in [7, 11) is 0. The zero-order chi connectivity index (χ0) is 12.1. The van der Waals surface area contributed by atoms with Crippen molar-refractivity contribution in [2.75, 3.05) is 0 Å². The maximum absolute atomic E-state index is 9.32. The van der Waals surface area contributed by atoms with E-state index in [1.54, 1.807) is 12.1 Å². The van der Waals surface area contributed by atoms with E-state index in [1.807, 2.05) is 36.4 Å². The molecule has 0 bridgehead atoms. The van der Waals surface area contributed by atoms with E-state index in [0.29, 0.717) is 6.61 Å². The average Bonchev–Trinajstić information content (AvgIpc) is 2.37. The Bertz CT molecular complexity index is 480. The van der Waals surface area contributed by atoms with Gasteiger partial charge in [0.2, 0.25) is 0 Å². The first-order chi connectivity index (χ1) is 8.28. The molecule has 2 nitrogen and oxygen atoms in total. The summed E-state index contributed by atoms with van der Waals surface area (Å²) >= 11 is 3.40. The molecule has 0 saturated carbocycles. The first kappa shape index (κ1) is 12.0. The van der Waals surface area contributed by atoms with Gasteiger partial charge in [-0.2, -0.15) is 0 Å². The van der Waals surface area contributed by atoms with Crippen molar-refractivity contribution in [3.05, 3.63) is 59.7 Å². The fourth-order valence-corrected chi connectivity index (χ4v) is 1.86. The van der Waals surface area contributed by atoms with E-state index in [4.69, 9.17) is 4.74 Å². The molecule has 0 radical (unpaired) electrons. The third kappa shape index (κ3) is 3.49. The van der Waals surface area contributed by atoms with Crippen LogP contribution < -0.4 is 4.74 Å². The van der Waals surface area contributed by atoms with Gasteiger partial charge in [0.05, 0.1) is 0 Å². The molecule has 0 saturated heterocycles. The molecule has 0 amide bonds. The first-order valence-electron chi connectivity index (χ1n) is 5.33. The third-order valence-electron chi connectivity index (χ3n) is 2.39. The Morgan fingerprint density at radius 2 is 1.76 bits per heavy atom. The van der Waals surface area contributed by atoms with Crippen LogP contribution in [0.15, 0.2) is 48.5 Å². The molecule has 2 aromatic carbocycles. The highest BCUT2D eigenvalue weighted by molar-refractivity contribution is 9.08. The van der Waals surface area contributed by atoms with Crippen molar-refractivity contribution in [1.29, 1.82) is 0 Å². The normalized spacial score (nSPS) is 10.2. The number of phenolic OH excluding ortho intramolecular Hbond substituents is 1. The molecule has 0 aliphatic rings. The standard InChI is InChI=1S/C14H13BrO2/c15-9-11-4-6-14(7-5-11)17-10-12-2-1-3-13(16)8-12/h1-8,16H,9-10H2. The van der Waals surface area contributed by atoms with Gasteiger partial charge in [-0.15, -0.1) is 0 Å². The van der Waals surface area contributed by atoms with Gasteiger partial charge < -0.3 is 9.84 Å². The van der Waals surface area contributed by atoms with E-state index in [2.05, 4.69) is 15.9 Å². The van der Waals surface area contributed by atoms with Crippen LogP contribution in [-0.2, 0) is 11.9 Å². The third-order valence-corrected chi connectivity index (χ3v) is 3.04. The van der Waals surface area contributed by atoms with Gasteiger partial charge in [0.15, 0.2) is 0 Å². The molecule has 0 unspecified atom stereocenters. The molecule has 0 aliphatic carbocycles. The van der Waals surface area contributed by atoms with Gasteiger partial charge in [0.1, 0.15) is 18.1 Å². The highest BCUT2D eigenvalue weighted by atomic mass is 79.9. The van der Waals surface area contributed by atoms with Gasteiger partial charge in [-0.1, -0.05) is 40.2 Å². The van der Waals surface area contributed by atoms with E-state index in [9.17, 15) is 5.11 Å². The van der Waals surface area contributed by atoms with Gasteiger partial charge in [-0.3, -0.25) is 0 Å². The summed E-state index contributed by atoms with van der Waals surface area (Å²) in [5, 5.41) is 10.2. The van der Waals surface area contributed by atoms with Crippen molar-refractivity contribution in [1.82, 2.24) is 0 Å². The minimum Gasteiger partial charge on any atom is -0.508 e. The maximum Gasteiger partial charge on any atom is 0.119 e. The Kier molecular flexibility index (Phi) is 4.04.